The molecule has 0 fully saturated rings. The van der Waals surface area contributed by atoms with Gasteiger partial charge in [-0.3, -0.25) is 4.79 Å². The van der Waals surface area contributed by atoms with Crippen LogP contribution in [-0.2, 0) is 10.0 Å². The number of hydrogen-bond donors (Lipinski definition) is 1. The van der Waals surface area contributed by atoms with Gasteiger partial charge in [0.15, 0.2) is 17.3 Å². The predicted octanol–water partition coefficient (Wildman–Crippen LogP) is 4.05. The number of nitrogens with zero attached hydrogens (tertiary/aromatic N) is 1. The third-order valence-electron chi connectivity index (χ3n) is 5.55. The third-order valence-corrected chi connectivity index (χ3v) is 6.48. The Labute approximate surface area is 203 Å². The fraction of sp³-hybridized carbons (Fsp3) is 0.115. The van der Waals surface area contributed by atoms with Crippen molar-refractivity contribution >= 4 is 15.8 Å². The molecule has 3 aromatic carbocycles. The van der Waals surface area contributed by atoms with Crippen LogP contribution in [0.4, 0.5) is 0 Å². The Morgan fingerprint density at radius 1 is 0.829 bits per heavy atom. The van der Waals surface area contributed by atoms with Gasteiger partial charge in [0.05, 0.1) is 26.2 Å². The predicted molar refractivity (Wildman–Crippen MR) is 132 cm³/mol. The van der Waals surface area contributed by atoms with Crippen LogP contribution in [-0.4, -0.2) is 40.1 Å². The summed E-state index contributed by atoms with van der Waals surface area (Å²) in [5.74, 6) is 0.884. The first-order valence-corrected chi connectivity index (χ1v) is 12.1. The van der Waals surface area contributed by atoms with Crippen LogP contribution in [0.3, 0.4) is 0 Å². The van der Waals surface area contributed by atoms with Crippen molar-refractivity contribution in [3.63, 3.8) is 0 Å². The largest absolute Gasteiger partial charge is 0.493 e. The summed E-state index contributed by atoms with van der Waals surface area (Å²) in [6, 6.07) is 18.8. The van der Waals surface area contributed by atoms with E-state index >= 15 is 0 Å². The van der Waals surface area contributed by atoms with E-state index in [0.29, 0.717) is 39.6 Å². The Balaban J connectivity index is 1.85. The number of carbonyl (C=O) groups excluding carboxylic acids is 1. The second kappa shape index (κ2) is 9.65. The summed E-state index contributed by atoms with van der Waals surface area (Å²) in [5, 5.41) is 5.21. The standard InChI is InChI=1S/C26H24N2O6S/c1-32-23-13-18(14-24(33-2)26(23)34-3)25(29)22-16-28(15-21(22)17-7-5-4-6-8-17)19-9-11-20(12-10-19)35(27,30)31/h4-16H,1-3H3,(H2,27,30,31). The fourth-order valence-corrected chi connectivity index (χ4v) is 4.32. The summed E-state index contributed by atoms with van der Waals surface area (Å²) in [6.45, 7) is 0. The molecular formula is C26H24N2O6S. The molecule has 9 heteroatoms. The highest BCUT2D eigenvalue weighted by atomic mass is 32.2. The van der Waals surface area contributed by atoms with Crippen LogP contribution < -0.4 is 19.3 Å². The molecule has 0 bridgehead atoms. The number of methoxy groups -OCH3 is 3. The summed E-state index contributed by atoms with van der Waals surface area (Å²) in [7, 11) is 0.661. The highest BCUT2D eigenvalue weighted by molar-refractivity contribution is 7.89. The van der Waals surface area contributed by atoms with Crippen molar-refractivity contribution in [3.8, 4) is 34.1 Å². The molecule has 0 spiro atoms. The van der Waals surface area contributed by atoms with Crippen molar-refractivity contribution in [2.24, 2.45) is 5.14 Å². The maximum absolute atomic E-state index is 13.7. The van der Waals surface area contributed by atoms with Gasteiger partial charge in [-0.1, -0.05) is 30.3 Å². The molecular weight excluding hydrogens is 468 g/mol. The third kappa shape index (κ3) is 4.77. The number of primary sulfonamides is 1. The van der Waals surface area contributed by atoms with E-state index in [1.807, 2.05) is 36.5 Å². The number of ketones is 1. The lowest BCUT2D eigenvalue weighted by molar-refractivity contribution is 0.103. The summed E-state index contributed by atoms with van der Waals surface area (Å²) in [6.07, 6.45) is 3.53. The SMILES string of the molecule is COc1cc(C(=O)c2cn(-c3ccc(S(N)(=O)=O)cc3)cc2-c2ccccc2)cc(OC)c1OC. The zero-order valence-electron chi connectivity index (χ0n) is 19.4. The Bertz CT molecular complexity index is 1450. The van der Waals surface area contributed by atoms with Crippen molar-refractivity contribution in [1.29, 1.82) is 0 Å². The van der Waals surface area contributed by atoms with E-state index in [-0.39, 0.29) is 10.7 Å². The molecule has 0 saturated heterocycles. The van der Waals surface area contributed by atoms with E-state index in [4.69, 9.17) is 19.3 Å². The van der Waals surface area contributed by atoms with Crippen molar-refractivity contribution in [3.05, 3.63) is 90.3 Å². The molecule has 0 saturated carbocycles. The molecule has 1 heterocycles. The van der Waals surface area contributed by atoms with E-state index in [2.05, 4.69) is 0 Å². The molecule has 0 unspecified atom stereocenters. The van der Waals surface area contributed by atoms with Gasteiger partial charge >= 0.3 is 0 Å². The molecule has 8 nitrogen and oxygen atoms in total. The number of carbonyl (C=O) groups is 1. The molecule has 0 radical (unpaired) electrons. The summed E-state index contributed by atoms with van der Waals surface area (Å²) >= 11 is 0. The smallest absolute Gasteiger partial charge is 0.238 e. The van der Waals surface area contributed by atoms with E-state index in [9.17, 15) is 13.2 Å². The lowest BCUT2D eigenvalue weighted by Gasteiger charge is -2.14. The molecule has 0 aliphatic heterocycles. The first-order valence-electron chi connectivity index (χ1n) is 10.5. The van der Waals surface area contributed by atoms with Gasteiger partial charge in [0, 0.05) is 34.8 Å². The molecule has 4 rings (SSSR count). The maximum Gasteiger partial charge on any atom is 0.238 e. The van der Waals surface area contributed by atoms with Crippen LogP contribution in [0.1, 0.15) is 15.9 Å². The molecule has 0 amide bonds. The van der Waals surface area contributed by atoms with Crippen LogP contribution in [0, 0.1) is 0 Å². The molecule has 35 heavy (non-hydrogen) atoms. The number of aromatic nitrogens is 1. The molecule has 1 aromatic heterocycles. The average molecular weight is 493 g/mol. The number of nitrogens with two attached hydrogens (primary N) is 1. The van der Waals surface area contributed by atoms with Crippen LogP contribution in [0.5, 0.6) is 17.2 Å². The quantitative estimate of drug-likeness (QED) is 0.372. The van der Waals surface area contributed by atoms with E-state index < -0.39 is 10.0 Å². The van der Waals surface area contributed by atoms with Gasteiger partial charge in [0.2, 0.25) is 15.8 Å². The van der Waals surface area contributed by atoms with Gasteiger partial charge < -0.3 is 18.8 Å². The zero-order valence-corrected chi connectivity index (χ0v) is 20.2. The van der Waals surface area contributed by atoms with Gasteiger partial charge in [0.25, 0.3) is 0 Å². The Morgan fingerprint density at radius 3 is 1.94 bits per heavy atom. The minimum atomic E-state index is -3.81. The summed E-state index contributed by atoms with van der Waals surface area (Å²) in [4.78, 5) is 13.8. The van der Waals surface area contributed by atoms with Crippen molar-refractivity contribution in [1.82, 2.24) is 4.57 Å². The van der Waals surface area contributed by atoms with Gasteiger partial charge in [-0.05, 0) is 42.0 Å². The molecule has 4 aromatic rings. The lowest BCUT2D eigenvalue weighted by Crippen LogP contribution is -2.11. The first kappa shape index (κ1) is 24.1. The summed E-state index contributed by atoms with van der Waals surface area (Å²) in [5.41, 5.74) is 3.03. The highest BCUT2D eigenvalue weighted by Gasteiger charge is 2.22. The number of ether oxygens (including phenoxy) is 3. The maximum atomic E-state index is 13.7. The van der Waals surface area contributed by atoms with Crippen molar-refractivity contribution in [2.45, 2.75) is 4.90 Å². The average Bonchev–Trinajstić information content (AvgIpc) is 3.33. The van der Waals surface area contributed by atoms with Gasteiger partial charge in [-0.25, -0.2) is 13.6 Å². The molecule has 2 N–H and O–H groups in total. The Hall–Kier alpha value is -4.08. The molecule has 0 atom stereocenters. The van der Waals surface area contributed by atoms with E-state index in [1.165, 1.54) is 33.5 Å². The van der Waals surface area contributed by atoms with Crippen LogP contribution >= 0.6 is 0 Å². The second-order valence-electron chi connectivity index (χ2n) is 7.64. The zero-order chi connectivity index (χ0) is 25.2. The topological polar surface area (TPSA) is 110 Å². The van der Waals surface area contributed by atoms with E-state index in [1.54, 1.807) is 35.0 Å². The molecule has 180 valence electrons. The molecule has 0 aliphatic rings. The lowest BCUT2D eigenvalue weighted by atomic mass is 9.97. The van der Waals surface area contributed by atoms with Crippen LogP contribution in [0.25, 0.3) is 16.8 Å². The van der Waals surface area contributed by atoms with Crippen LogP contribution in [0.2, 0.25) is 0 Å². The second-order valence-corrected chi connectivity index (χ2v) is 9.20. The minimum absolute atomic E-state index is 0.00501. The number of hydrogen-bond acceptors (Lipinski definition) is 6. The normalized spacial score (nSPS) is 11.2. The monoisotopic (exact) mass is 492 g/mol. The minimum Gasteiger partial charge on any atom is -0.493 e. The summed E-state index contributed by atoms with van der Waals surface area (Å²) < 4.78 is 41.2. The van der Waals surface area contributed by atoms with Gasteiger partial charge in [0.1, 0.15) is 0 Å². The number of benzene rings is 3. The van der Waals surface area contributed by atoms with Gasteiger partial charge in [-0.2, -0.15) is 0 Å². The Kier molecular flexibility index (Phi) is 6.63. The van der Waals surface area contributed by atoms with Crippen LogP contribution in [0.15, 0.2) is 84.0 Å². The van der Waals surface area contributed by atoms with Gasteiger partial charge in [-0.15, -0.1) is 0 Å². The van der Waals surface area contributed by atoms with Crippen molar-refractivity contribution < 1.29 is 27.4 Å². The number of sulfonamides is 1. The van der Waals surface area contributed by atoms with E-state index in [0.717, 1.165) is 5.56 Å². The van der Waals surface area contributed by atoms with Crippen molar-refractivity contribution in [2.75, 3.05) is 21.3 Å². The number of rotatable bonds is 8. The highest BCUT2D eigenvalue weighted by Crippen LogP contribution is 2.39. The fourth-order valence-electron chi connectivity index (χ4n) is 3.81. The molecule has 0 aliphatic carbocycles. The first-order chi connectivity index (χ1) is 16.8. The Morgan fingerprint density at radius 2 is 1.43 bits per heavy atom.